The summed E-state index contributed by atoms with van der Waals surface area (Å²) in [4.78, 5) is 0. The summed E-state index contributed by atoms with van der Waals surface area (Å²) in [7, 11) is 0. The molecule has 0 unspecified atom stereocenters. The van der Waals surface area contributed by atoms with Crippen molar-refractivity contribution in [3.05, 3.63) is 0 Å². The Balaban J connectivity index is 1.92. The van der Waals surface area contributed by atoms with Gasteiger partial charge in [0.05, 0.1) is 0 Å². The molecule has 0 aromatic heterocycles. The van der Waals surface area contributed by atoms with Crippen LogP contribution in [0.4, 0.5) is 0 Å². The van der Waals surface area contributed by atoms with Crippen LogP contribution in [0.3, 0.4) is 0 Å². The molecule has 2 saturated heterocycles. The van der Waals surface area contributed by atoms with E-state index in [-0.39, 0.29) is 0 Å². The van der Waals surface area contributed by atoms with E-state index in [0.29, 0.717) is 4.75 Å². The lowest BCUT2D eigenvalue weighted by atomic mass is 9.95. The molecule has 2 rings (SSSR count). The third-order valence-electron chi connectivity index (χ3n) is 2.58. The molecule has 2 fully saturated rings. The second kappa shape index (κ2) is 2.74. The van der Waals surface area contributed by atoms with E-state index in [9.17, 15) is 0 Å². The smallest absolute Gasteiger partial charge is 0.0408 e. The number of nitrogens with one attached hydrogen (secondary N) is 1. The zero-order valence-electron chi connectivity index (χ0n) is 6.36. The lowest BCUT2D eigenvalue weighted by Gasteiger charge is -2.41. The Kier molecular flexibility index (Phi) is 1.92. The molecule has 1 N–H and O–H groups in total. The first-order chi connectivity index (χ1) is 4.91. The van der Waals surface area contributed by atoms with Crippen LogP contribution in [-0.4, -0.2) is 23.6 Å². The quantitative estimate of drug-likeness (QED) is 0.573. The second-order valence-corrected chi connectivity index (χ2v) is 5.01. The van der Waals surface area contributed by atoms with E-state index in [1.807, 2.05) is 0 Å². The van der Waals surface area contributed by atoms with Gasteiger partial charge in [0.1, 0.15) is 0 Å². The Morgan fingerprint density at radius 1 is 1.10 bits per heavy atom. The predicted octanol–water partition coefficient (Wildman–Crippen LogP) is 1.64. The van der Waals surface area contributed by atoms with Gasteiger partial charge in [0.2, 0.25) is 0 Å². The normalized spacial score (nSPS) is 31.2. The van der Waals surface area contributed by atoms with Gasteiger partial charge in [0, 0.05) is 17.8 Å². The maximum atomic E-state index is 3.38. The van der Waals surface area contributed by atoms with Gasteiger partial charge < -0.3 is 5.32 Å². The number of rotatable bonds is 0. The van der Waals surface area contributed by atoms with Crippen molar-refractivity contribution in [1.82, 2.24) is 5.32 Å². The first kappa shape index (κ1) is 6.99. The Morgan fingerprint density at radius 3 is 2.70 bits per heavy atom. The Bertz CT molecular complexity index is 110. The van der Waals surface area contributed by atoms with E-state index in [0.717, 1.165) is 0 Å². The fourth-order valence-electron chi connectivity index (χ4n) is 1.77. The van der Waals surface area contributed by atoms with Crippen LogP contribution in [0, 0.1) is 0 Å². The van der Waals surface area contributed by atoms with Crippen molar-refractivity contribution >= 4 is 11.8 Å². The van der Waals surface area contributed by atoms with Crippen molar-refractivity contribution in [2.24, 2.45) is 0 Å². The van der Waals surface area contributed by atoms with Crippen molar-refractivity contribution in [3.8, 4) is 0 Å². The molecule has 0 radical (unpaired) electrons. The minimum atomic E-state index is 0.691. The molecule has 0 saturated carbocycles. The van der Waals surface area contributed by atoms with Crippen molar-refractivity contribution in [2.45, 2.75) is 30.4 Å². The summed E-state index contributed by atoms with van der Waals surface area (Å²) in [6.07, 6.45) is 5.85. The Morgan fingerprint density at radius 2 is 2.00 bits per heavy atom. The highest BCUT2D eigenvalue weighted by atomic mass is 32.2. The average molecular weight is 157 g/mol. The fraction of sp³-hybridized carbons (Fsp3) is 1.00. The van der Waals surface area contributed by atoms with Crippen LogP contribution in [0.1, 0.15) is 25.7 Å². The van der Waals surface area contributed by atoms with Crippen molar-refractivity contribution < 1.29 is 0 Å². The molecule has 0 bridgehead atoms. The first-order valence-corrected chi connectivity index (χ1v) is 5.25. The van der Waals surface area contributed by atoms with Gasteiger partial charge in [-0.25, -0.2) is 0 Å². The molecule has 0 aromatic carbocycles. The van der Waals surface area contributed by atoms with E-state index < -0.39 is 0 Å². The standard InChI is InChI=1S/C8H15NS/c1-2-4-8(6-9-7-8)10-5-3-1/h9H,1-7H2. The predicted molar refractivity (Wildman–Crippen MR) is 46.5 cm³/mol. The maximum Gasteiger partial charge on any atom is 0.0408 e. The third kappa shape index (κ3) is 1.19. The molecular weight excluding hydrogens is 142 g/mol. The highest BCUT2D eigenvalue weighted by molar-refractivity contribution is 8.00. The van der Waals surface area contributed by atoms with Crippen LogP contribution in [-0.2, 0) is 0 Å². The van der Waals surface area contributed by atoms with E-state index in [1.165, 1.54) is 44.5 Å². The highest BCUT2D eigenvalue weighted by Crippen LogP contribution is 2.37. The molecule has 0 amide bonds. The summed E-state index contributed by atoms with van der Waals surface area (Å²) >= 11 is 2.21. The molecule has 0 aliphatic carbocycles. The van der Waals surface area contributed by atoms with E-state index in [4.69, 9.17) is 0 Å². The molecule has 2 aliphatic rings. The molecule has 0 aromatic rings. The lowest BCUT2D eigenvalue weighted by Crippen LogP contribution is -2.56. The number of hydrogen-bond donors (Lipinski definition) is 1. The molecule has 1 spiro atoms. The van der Waals surface area contributed by atoms with Gasteiger partial charge >= 0.3 is 0 Å². The second-order valence-electron chi connectivity index (χ2n) is 3.45. The van der Waals surface area contributed by atoms with E-state index in [2.05, 4.69) is 17.1 Å². The Labute approximate surface area is 67.0 Å². The molecule has 1 nitrogen and oxygen atoms in total. The Hall–Kier alpha value is 0.310. The van der Waals surface area contributed by atoms with Crippen LogP contribution in [0.25, 0.3) is 0 Å². The van der Waals surface area contributed by atoms with Gasteiger partial charge in [-0.05, 0) is 18.6 Å². The minimum Gasteiger partial charge on any atom is -0.314 e. The van der Waals surface area contributed by atoms with Gasteiger partial charge in [0.15, 0.2) is 0 Å². The van der Waals surface area contributed by atoms with Crippen molar-refractivity contribution in [3.63, 3.8) is 0 Å². The molecule has 2 aliphatic heterocycles. The molecule has 10 heavy (non-hydrogen) atoms. The number of hydrogen-bond acceptors (Lipinski definition) is 2. The summed E-state index contributed by atoms with van der Waals surface area (Å²) in [5, 5.41) is 3.38. The molecule has 2 heteroatoms. The zero-order valence-corrected chi connectivity index (χ0v) is 7.17. The summed E-state index contributed by atoms with van der Waals surface area (Å²) in [6, 6.07) is 0. The van der Waals surface area contributed by atoms with Gasteiger partial charge in [-0.2, -0.15) is 11.8 Å². The minimum absolute atomic E-state index is 0.691. The van der Waals surface area contributed by atoms with Crippen LogP contribution in [0.2, 0.25) is 0 Å². The van der Waals surface area contributed by atoms with Crippen LogP contribution >= 0.6 is 11.8 Å². The fourth-order valence-corrected chi connectivity index (χ4v) is 3.25. The first-order valence-electron chi connectivity index (χ1n) is 4.26. The van der Waals surface area contributed by atoms with Crippen LogP contribution < -0.4 is 5.32 Å². The monoisotopic (exact) mass is 157 g/mol. The van der Waals surface area contributed by atoms with Crippen LogP contribution in [0.5, 0.6) is 0 Å². The van der Waals surface area contributed by atoms with Gasteiger partial charge in [-0.1, -0.05) is 12.8 Å². The molecule has 2 heterocycles. The van der Waals surface area contributed by atoms with Gasteiger partial charge in [0.25, 0.3) is 0 Å². The summed E-state index contributed by atoms with van der Waals surface area (Å²) in [5.41, 5.74) is 0. The topological polar surface area (TPSA) is 12.0 Å². The van der Waals surface area contributed by atoms with E-state index in [1.54, 1.807) is 0 Å². The SMILES string of the molecule is C1CCSC2(CC1)CNC2. The summed E-state index contributed by atoms with van der Waals surface area (Å²) in [6.45, 7) is 2.55. The summed E-state index contributed by atoms with van der Waals surface area (Å²) < 4.78 is 0.691. The van der Waals surface area contributed by atoms with E-state index >= 15 is 0 Å². The molecule has 58 valence electrons. The van der Waals surface area contributed by atoms with Crippen LogP contribution in [0.15, 0.2) is 0 Å². The zero-order chi connectivity index (χ0) is 6.86. The van der Waals surface area contributed by atoms with Gasteiger partial charge in [-0.3, -0.25) is 0 Å². The highest BCUT2D eigenvalue weighted by Gasteiger charge is 2.37. The largest absolute Gasteiger partial charge is 0.314 e. The van der Waals surface area contributed by atoms with Gasteiger partial charge in [-0.15, -0.1) is 0 Å². The summed E-state index contributed by atoms with van der Waals surface area (Å²) in [5.74, 6) is 1.40. The van der Waals surface area contributed by atoms with Crippen molar-refractivity contribution in [2.75, 3.05) is 18.8 Å². The molecule has 0 atom stereocenters. The molecular formula is C8H15NS. The average Bonchev–Trinajstić information content (AvgIpc) is 2.08. The van der Waals surface area contributed by atoms with Crippen molar-refractivity contribution in [1.29, 1.82) is 0 Å². The third-order valence-corrected chi connectivity index (χ3v) is 4.18. The lowest BCUT2D eigenvalue weighted by molar-refractivity contribution is 0.365. The maximum absolute atomic E-state index is 3.38. The number of thioether (sulfide) groups is 1.